The Morgan fingerprint density at radius 1 is 1.35 bits per heavy atom. The highest BCUT2D eigenvalue weighted by Crippen LogP contribution is 2.26. The Balaban J connectivity index is 1.84. The van der Waals surface area contributed by atoms with Gasteiger partial charge in [0.1, 0.15) is 12.2 Å². The monoisotopic (exact) mass is 332 g/mol. The van der Waals surface area contributed by atoms with Gasteiger partial charge in [-0.05, 0) is 43.9 Å². The largest absolute Gasteiger partial charge is 0.461 e. The summed E-state index contributed by atoms with van der Waals surface area (Å²) in [6, 6.07) is 4.81. The fourth-order valence-corrected chi connectivity index (χ4v) is 2.91. The molecule has 1 heterocycles. The number of rotatable bonds is 3. The van der Waals surface area contributed by atoms with E-state index in [-0.39, 0.29) is 18.5 Å². The second-order valence-electron chi connectivity index (χ2n) is 5.78. The van der Waals surface area contributed by atoms with Gasteiger partial charge in [-0.1, -0.05) is 23.8 Å². The second kappa shape index (κ2) is 6.59. The molecule has 1 aliphatic carbocycles. The normalized spacial score (nSPS) is 17.4. The number of carbonyl (C=O) groups excluding carboxylic acids is 1. The van der Waals surface area contributed by atoms with Crippen molar-refractivity contribution in [2.45, 2.75) is 32.8 Å². The van der Waals surface area contributed by atoms with Crippen LogP contribution in [0.5, 0.6) is 0 Å². The quantitative estimate of drug-likeness (QED) is 0.481. The molecule has 23 heavy (non-hydrogen) atoms. The molecule has 2 aromatic rings. The summed E-state index contributed by atoms with van der Waals surface area (Å²) in [5, 5.41) is 1.27. The van der Waals surface area contributed by atoms with E-state index < -0.39 is 5.63 Å². The van der Waals surface area contributed by atoms with E-state index in [1.165, 1.54) is 6.07 Å². The highest BCUT2D eigenvalue weighted by Gasteiger charge is 2.20. The third-order valence-electron chi connectivity index (χ3n) is 4.08. The van der Waals surface area contributed by atoms with E-state index in [0.717, 1.165) is 18.4 Å². The minimum absolute atomic E-state index is 0.0422. The number of ether oxygens (including phenoxy) is 1. The second-order valence-corrected chi connectivity index (χ2v) is 6.18. The van der Waals surface area contributed by atoms with Crippen LogP contribution in [0.4, 0.5) is 0 Å². The van der Waals surface area contributed by atoms with Gasteiger partial charge in [-0.3, -0.25) is 4.79 Å². The SMILES string of the molecule is Cc1cc2oc(=O)cc(COC(=O)[C@@H]3CC=CCC3)c2cc1Cl. The third kappa shape index (κ3) is 3.48. The molecule has 0 aliphatic heterocycles. The van der Waals surface area contributed by atoms with Gasteiger partial charge in [-0.2, -0.15) is 0 Å². The fourth-order valence-electron chi connectivity index (χ4n) is 2.74. The van der Waals surface area contributed by atoms with Gasteiger partial charge in [0.15, 0.2) is 0 Å². The summed E-state index contributed by atoms with van der Waals surface area (Å²) >= 11 is 6.15. The number of carbonyl (C=O) groups is 1. The maximum Gasteiger partial charge on any atom is 0.336 e. The first-order chi connectivity index (χ1) is 11.0. The van der Waals surface area contributed by atoms with Crippen molar-refractivity contribution in [1.82, 2.24) is 0 Å². The number of hydrogen-bond donors (Lipinski definition) is 0. The van der Waals surface area contributed by atoms with Gasteiger partial charge in [0, 0.05) is 22.0 Å². The van der Waals surface area contributed by atoms with Gasteiger partial charge in [0.2, 0.25) is 0 Å². The molecule has 0 radical (unpaired) electrons. The van der Waals surface area contributed by atoms with E-state index in [2.05, 4.69) is 6.08 Å². The average Bonchev–Trinajstić information content (AvgIpc) is 2.55. The van der Waals surface area contributed by atoms with E-state index in [0.29, 0.717) is 28.0 Å². The molecule has 1 atom stereocenters. The van der Waals surface area contributed by atoms with Crippen molar-refractivity contribution >= 4 is 28.5 Å². The zero-order valence-corrected chi connectivity index (χ0v) is 13.6. The highest BCUT2D eigenvalue weighted by molar-refractivity contribution is 6.32. The molecule has 1 aromatic heterocycles. The Labute approximate surface area is 138 Å². The summed E-state index contributed by atoms with van der Waals surface area (Å²) in [4.78, 5) is 23.8. The Morgan fingerprint density at radius 3 is 2.91 bits per heavy atom. The van der Waals surface area contributed by atoms with Gasteiger partial charge in [-0.25, -0.2) is 4.79 Å². The fraction of sp³-hybridized carbons (Fsp3) is 0.333. The topological polar surface area (TPSA) is 56.5 Å². The molecule has 1 aliphatic rings. The van der Waals surface area contributed by atoms with Crippen LogP contribution < -0.4 is 5.63 Å². The van der Waals surface area contributed by atoms with Crippen molar-refractivity contribution in [2.24, 2.45) is 5.92 Å². The molecular formula is C18H17ClO4. The summed E-state index contributed by atoms with van der Waals surface area (Å²) in [6.45, 7) is 1.88. The standard InChI is InChI=1S/C18H17ClO4/c1-11-7-16-14(9-15(11)19)13(8-17(20)23-16)10-22-18(21)12-5-3-2-4-6-12/h2-3,7-9,12H,4-6,10H2,1H3/t12-/m1/s1. The van der Waals surface area contributed by atoms with Gasteiger partial charge in [-0.15, -0.1) is 0 Å². The Kier molecular flexibility index (Phi) is 4.53. The molecule has 120 valence electrons. The van der Waals surface area contributed by atoms with Gasteiger partial charge in [0.05, 0.1) is 5.92 Å². The molecule has 0 saturated heterocycles. The molecule has 0 N–H and O–H groups in total. The van der Waals surface area contributed by atoms with Gasteiger partial charge in [0.25, 0.3) is 0 Å². The summed E-state index contributed by atoms with van der Waals surface area (Å²) in [7, 11) is 0. The van der Waals surface area contributed by atoms with Crippen LogP contribution in [-0.2, 0) is 16.1 Å². The molecule has 0 amide bonds. The number of benzene rings is 1. The minimum atomic E-state index is -0.467. The van der Waals surface area contributed by atoms with Crippen LogP contribution in [0.2, 0.25) is 5.02 Å². The third-order valence-corrected chi connectivity index (χ3v) is 4.49. The lowest BCUT2D eigenvalue weighted by Gasteiger charge is -2.16. The molecule has 0 bridgehead atoms. The van der Waals surface area contributed by atoms with Crippen molar-refractivity contribution in [2.75, 3.05) is 0 Å². The minimum Gasteiger partial charge on any atom is -0.461 e. The van der Waals surface area contributed by atoms with Crippen LogP contribution in [0, 0.1) is 12.8 Å². The van der Waals surface area contributed by atoms with Crippen LogP contribution in [0.25, 0.3) is 11.0 Å². The average molecular weight is 333 g/mol. The summed E-state index contributed by atoms with van der Waals surface area (Å²) in [5.41, 5.74) is 1.42. The molecule has 5 heteroatoms. The predicted molar refractivity (Wildman–Crippen MR) is 88.5 cm³/mol. The number of aryl methyl sites for hydroxylation is 1. The summed E-state index contributed by atoms with van der Waals surface area (Å²) < 4.78 is 10.6. The van der Waals surface area contributed by atoms with Crippen molar-refractivity contribution < 1.29 is 13.9 Å². The first-order valence-electron chi connectivity index (χ1n) is 7.59. The maximum absolute atomic E-state index is 12.1. The van der Waals surface area contributed by atoms with Gasteiger partial charge < -0.3 is 9.15 Å². The van der Waals surface area contributed by atoms with Crippen LogP contribution in [0.3, 0.4) is 0 Å². The number of fused-ring (bicyclic) bond motifs is 1. The molecule has 0 saturated carbocycles. The smallest absolute Gasteiger partial charge is 0.336 e. The predicted octanol–water partition coefficient (Wildman–Crippen LogP) is 4.15. The molecule has 0 spiro atoms. The van der Waals surface area contributed by atoms with Crippen molar-refractivity contribution in [1.29, 1.82) is 0 Å². The maximum atomic E-state index is 12.1. The van der Waals surface area contributed by atoms with Crippen LogP contribution in [0.1, 0.15) is 30.4 Å². The van der Waals surface area contributed by atoms with E-state index in [4.69, 9.17) is 20.8 Å². The van der Waals surface area contributed by atoms with E-state index in [9.17, 15) is 9.59 Å². The molecule has 3 rings (SSSR count). The number of halogens is 1. The number of esters is 1. The number of allylic oxidation sites excluding steroid dienone is 2. The first-order valence-corrected chi connectivity index (χ1v) is 7.97. The van der Waals surface area contributed by atoms with E-state index in [1.807, 2.05) is 13.0 Å². The van der Waals surface area contributed by atoms with E-state index in [1.54, 1.807) is 12.1 Å². The zero-order chi connectivity index (χ0) is 16.4. The summed E-state index contributed by atoms with van der Waals surface area (Å²) in [5.74, 6) is -0.328. The zero-order valence-electron chi connectivity index (χ0n) is 12.8. The lowest BCUT2D eigenvalue weighted by Crippen LogP contribution is -2.19. The molecular weight excluding hydrogens is 316 g/mol. The molecule has 0 fully saturated rings. The van der Waals surface area contributed by atoms with Crippen molar-refractivity contribution in [3.05, 3.63) is 56.9 Å². The van der Waals surface area contributed by atoms with Gasteiger partial charge >= 0.3 is 11.6 Å². The van der Waals surface area contributed by atoms with E-state index >= 15 is 0 Å². The Bertz CT molecular complexity index is 835. The first kappa shape index (κ1) is 15.8. The lowest BCUT2D eigenvalue weighted by atomic mass is 9.95. The molecule has 4 nitrogen and oxygen atoms in total. The summed E-state index contributed by atoms with van der Waals surface area (Å²) in [6.07, 6.45) is 6.49. The van der Waals surface area contributed by atoms with Crippen molar-refractivity contribution in [3.8, 4) is 0 Å². The lowest BCUT2D eigenvalue weighted by molar-refractivity contribution is -0.150. The van der Waals surface area contributed by atoms with Crippen LogP contribution in [0.15, 0.2) is 39.6 Å². The Hall–Kier alpha value is -2.07. The van der Waals surface area contributed by atoms with Crippen LogP contribution >= 0.6 is 11.6 Å². The highest BCUT2D eigenvalue weighted by atomic mass is 35.5. The molecule has 1 aromatic carbocycles. The van der Waals surface area contributed by atoms with Crippen molar-refractivity contribution in [3.63, 3.8) is 0 Å². The van der Waals surface area contributed by atoms with Crippen LogP contribution in [-0.4, -0.2) is 5.97 Å². The number of hydrogen-bond acceptors (Lipinski definition) is 4. The Morgan fingerprint density at radius 2 is 2.17 bits per heavy atom. The molecule has 0 unspecified atom stereocenters.